The normalized spacial score (nSPS) is 15.2. The molecule has 9 nitrogen and oxygen atoms in total. The number of nitrogens with zero attached hydrogens (tertiary/aromatic N) is 2. The SMILES string of the molecule is CCn1c(=O)sc2cc(NC(=O)[C@H]3CN(S(=O)(=O)c4ccc(OC)cc4)c4ccc(C)cc4O3)ccc21. The fourth-order valence-corrected chi connectivity index (χ4v) is 6.74. The zero-order valence-electron chi connectivity index (χ0n) is 20.4. The van der Waals surface area contributed by atoms with Crippen LogP contribution in [0.4, 0.5) is 11.4 Å². The van der Waals surface area contributed by atoms with Crippen molar-refractivity contribution in [3.63, 3.8) is 0 Å². The quantitative estimate of drug-likeness (QED) is 0.397. The standard InChI is InChI=1S/C26H25N3O6S2/c1-4-28-21-12-6-17(14-24(21)36-26(28)31)27-25(30)23-15-29(20-11-5-16(2)13-22(20)35-23)37(32,33)19-9-7-18(34-3)8-10-19/h5-14,23H,4,15H2,1-3H3,(H,27,30)/t23-/m1/s1. The number of ether oxygens (including phenoxy) is 2. The molecule has 1 aliphatic heterocycles. The summed E-state index contributed by atoms with van der Waals surface area (Å²) in [5.74, 6) is 0.339. The molecular weight excluding hydrogens is 514 g/mol. The number of carbonyl (C=O) groups excluding carboxylic acids is 1. The molecule has 0 aliphatic carbocycles. The van der Waals surface area contributed by atoms with Gasteiger partial charge in [-0.15, -0.1) is 0 Å². The highest BCUT2D eigenvalue weighted by molar-refractivity contribution is 7.92. The van der Waals surface area contributed by atoms with Gasteiger partial charge in [0, 0.05) is 12.2 Å². The van der Waals surface area contributed by atoms with Gasteiger partial charge in [0.25, 0.3) is 15.9 Å². The van der Waals surface area contributed by atoms with E-state index >= 15 is 0 Å². The molecular formula is C26H25N3O6S2. The number of nitrogens with one attached hydrogen (secondary N) is 1. The van der Waals surface area contributed by atoms with Crippen LogP contribution in [0.25, 0.3) is 10.2 Å². The number of hydrogen-bond acceptors (Lipinski definition) is 7. The number of aromatic nitrogens is 1. The molecule has 2 heterocycles. The molecule has 4 aromatic rings. The Bertz CT molecular complexity index is 1660. The predicted octanol–water partition coefficient (Wildman–Crippen LogP) is 3.99. The average Bonchev–Trinajstić information content (AvgIpc) is 3.21. The van der Waals surface area contributed by atoms with Crippen molar-refractivity contribution in [2.75, 3.05) is 23.3 Å². The Morgan fingerprint density at radius 3 is 2.59 bits per heavy atom. The van der Waals surface area contributed by atoms with E-state index in [1.807, 2.05) is 13.8 Å². The maximum atomic E-state index is 13.6. The van der Waals surface area contributed by atoms with E-state index in [9.17, 15) is 18.0 Å². The van der Waals surface area contributed by atoms with Gasteiger partial charge in [-0.3, -0.25) is 18.5 Å². The molecule has 37 heavy (non-hydrogen) atoms. The lowest BCUT2D eigenvalue weighted by atomic mass is 10.1. The lowest BCUT2D eigenvalue weighted by Gasteiger charge is -2.35. The minimum Gasteiger partial charge on any atom is -0.497 e. The van der Waals surface area contributed by atoms with Crippen molar-refractivity contribution in [3.05, 3.63) is 75.9 Å². The van der Waals surface area contributed by atoms with Crippen LogP contribution < -0.4 is 24.0 Å². The molecule has 192 valence electrons. The number of anilines is 2. The van der Waals surface area contributed by atoms with Crippen molar-refractivity contribution in [1.82, 2.24) is 4.57 Å². The summed E-state index contributed by atoms with van der Waals surface area (Å²) in [6, 6.07) is 16.5. The van der Waals surface area contributed by atoms with Crippen molar-refractivity contribution in [1.29, 1.82) is 0 Å². The lowest BCUT2D eigenvalue weighted by molar-refractivity contribution is -0.122. The largest absolute Gasteiger partial charge is 0.497 e. The van der Waals surface area contributed by atoms with Crippen molar-refractivity contribution < 1.29 is 22.7 Å². The van der Waals surface area contributed by atoms with E-state index in [0.29, 0.717) is 29.4 Å². The van der Waals surface area contributed by atoms with Crippen molar-refractivity contribution in [3.8, 4) is 11.5 Å². The Balaban J connectivity index is 1.46. The van der Waals surface area contributed by atoms with Gasteiger partial charge < -0.3 is 14.8 Å². The Labute approximate surface area is 217 Å². The van der Waals surface area contributed by atoms with Crippen molar-refractivity contribution in [2.45, 2.75) is 31.4 Å². The van der Waals surface area contributed by atoms with E-state index in [-0.39, 0.29) is 16.3 Å². The summed E-state index contributed by atoms with van der Waals surface area (Å²) in [5, 5.41) is 2.82. The van der Waals surface area contributed by atoms with Gasteiger partial charge in [-0.25, -0.2) is 8.42 Å². The molecule has 1 atom stereocenters. The van der Waals surface area contributed by atoms with E-state index in [4.69, 9.17) is 9.47 Å². The number of sulfonamides is 1. The summed E-state index contributed by atoms with van der Waals surface area (Å²) in [7, 11) is -2.50. The Morgan fingerprint density at radius 1 is 1.14 bits per heavy atom. The summed E-state index contributed by atoms with van der Waals surface area (Å²) in [4.78, 5) is 25.5. The summed E-state index contributed by atoms with van der Waals surface area (Å²) < 4.78 is 42.0. The van der Waals surface area contributed by atoms with Gasteiger partial charge in [-0.1, -0.05) is 17.4 Å². The van der Waals surface area contributed by atoms with Crippen molar-refractivity contribution in [2.24, 2.45) is 0 Å². The number of carbonyl (C=O) groups is 1. The molecule has 0 saturated carbocycles. The highest BCUT2D eigenvalue weighted by Gasteiger charge is 2.37. The van der Waals surface area contributed by atoms with Crippen molar-refractivity contribution >= 4 is 48.9 Å². The number of hydrogen-bond donors (Lipinski definition) is 1. The van der Waals surface area contributed by atoms with Crippen LogP contribution in [0.5, 0.6) is 11.5 Å². The Hall–Kier alpha value is -3.83. The third-order valence-electron chi connectivity index (χ3n) is 6.18. The van der Waals surface area contributed by atoms with Crippen LogP contribution in [0.3, 0.4) is 0 Å². The van der Waals surface area contributed by atoms with Crippen LogP contribution in [0.1, 0.15) is 12.5 Å². The smallest absolute Gasteiger partial charge is 0.308 e. The van der Waals surface area contributed by atoms with Crippen LogP contribution in [0, 0.1) is 6.92 Å². The number of thiazole rings is 1. The fourth-order valence-electron chi connectivity index (χ4n) is 4.27. The highest BCUT2D eigenvalue weighted by Crippen LogP contribution is 2.38. The highest BCUT2D eigenvalue weighted by atomic mass is 32.2. The van der Waals surface area contributed by atoms with Gasteiger partial charge in [0.1, 0.15) is 11.5 Å². The second-order valence-corrected chi connectivity index (χ2v) is 11.4. The Morgan fingerprint density at radius 2 is 1.89 bits per heavy atom. The number of fused-ring (bicyclic) bond motifs is 2. The zero-order chi connectivity index (χ0) is 26.3. The summed E-state index contributed by atoms with van der Waals surface area (Å²) in [6.07, 6.45) is -1.10. The molecule has 5 rings (SSSR count). The van der Waals surface area contributed by atoms with Gasteiger partial charge in [0.05, 0.1) is 34.5 Å². The lowest BCUT2D eigenvalue weighted by Crippen LogP contribution is -2.48. The number of rotatable bonds is 6. The molecule has 0 unspecified atom stereocenters. The maximum absolute atomic E-state index is 13.6. The molecule has 0 bridgehead atoms. The molecule has 1 aliphatic rings. The van der Waals surface area contributed by atoms with Gasteiger partial charge >= 0.3 is 4.87 Å². The van der Waals surface area contributed by atoms with Gasteiger partial charge in [-0.2, -0.15) is 0 Å². The van der Waals surface area contributed by atoms with Crippen LogP contribution in [-0.2, 0) is 21.4 Å². The third kappa shape index (κ3) is 4.56. The molecule has 0 fully saturated rings. The molecule has 3 aromatic carbocycles. The van der Waals surface area contributed by atoms with E-state index in [0.717, 1.165) is 27.1 Å². The number of aryl methyl sites for hydroxylation is 2. The first-order chi connectivity index (χ1) is 17.7. The summed E-state index contributed by atoms with van der Waals surface area (Å²) in [5.41, 5.74) is 2.51. The first-order valence-electron chi connectivity index (χ1n) is 11.6. The third-order valence-corrected chi connectivity index (χ3v) is 8.91. The molecule has 1 N–H and O–H groups in total. The average molecular weight is 540 g/mol. The fraction of sp³-hybridized carbons (Fsp3) is 0.231. The van der Waals surface area contributed by atoms with E-state index in [2.05, 4.69) is 5.32 Å². The number of methoxy groups -OCH3 is 1. The topological polar surface area (TPSA) is 107 Å². The van der Waals surface area contributed by atoms with Crippen LogP contribution in [0.15, 0.2) is 70.4 Å². The summed E-state index contributed by atoms with van der Waals surface area (Å²) in [6.45, 7) is 4.10. The predicted molar refractivity (Wildman–Crippen MR) is 144 cm³/mol. The van der Waals surface area contributed by atoms with E-state index in [1.165, 1.54) is 23.5 Å². The second-order valence-electron chi connectivity index (χ2n) is 8.57. The molecule has 0 spiro atoms. The monoisotopic (exact) mass is 539 g/mol. The first-order valence-corrected chi connectivity index (χ1v) is 13.9. The van der Waals surface area contributed by atoms with Gasteiger partial charge in [0.2, 0.25) is 0 Å². The maximum Gasteiger partial charge on any atom is 0.308 e. The van der Waals surface area contributed by atoms with E-state index in [1.54, 1.807) is 53.1 Å². The molecule has 1 aromatic heterocycles. The number of amides is 1. The Kier molecular flexibility index (Phi) is 6.42. The number of benzene rings is 3. The van der Waals surface area contributed by atoms with Gasteiger partial charge in [0.15, 0.2) is 6.10 Å². The van der Waals surface area contributed by atoms with Crippen LogP contribution in [-0.4, -0.2) is 38.7 Å². The van der Waals surface area contributed by atoms with Crippen LogP contribution >= 0.6 is 11.3 Å². The van der Waals surface area contributed by atoms with Crippen LogP contribution in [0.2, 0.25) is 0 Å². The minimum atomic E-state index is -4.00. The molecule has 1 amide bonds. The summed E-state index contributed by atoms with van der Waals surface area (Å²) >= 11 is 1.10. The first kappa shape index (κ1) is 24.8. The molecule has 11 heteroatoms. The molecule has 0 saturated heterocycles. The van der Waals surface area contributed by atoms with E-state index < -0.39 is 22.0 Å². The van der Waals surface area contributed by atoms with Gasteiger partial charge in [-0.05, 0) is 74.0 Å². The molecule has 0 radical (unpaired) electrons. The zero-order valence-corrected chi connectivity index (χ0v) is 22.1. The second kappa shape index (κ2) is 9.56. The minimum absolute atomic E-state index is 0.0667.